The van der Waals surface area contributed by atoms with Crippen LogP contribution in [0.15, 0.2) is 72.3 Å². The van der Waals surface area contributed by atoms with Crippen LogP contribution in [0.25, 0.3) is 5.76 Å². The van der Waals surface area contributed by atoms with E-state index in [1.165, 1.54) is 25.3 Å². The Kier molecular flexibility index (Phi) is 8.68. The molecule has 226 valence electrons. The number of ketones is 1. The van der Waals surface area contributed by atoms with Crippen molar-refractivity contribution in [2.75, 3.05) is 18.6 Å². The summed E-state index contributed by atoms with van der Waals surface area (Å²) in [6.07, 6.45) is 0. The number of aromatic hydroxyl groups is 1. The van der Waals surface area contributed by atoms with Crippen LogP contribution in [0.4, 0.5) is 5.13 Å². The molecule has 3 aromatic carbocycles. The summed E-state index contributed by atoms with van der Waals surface area (Å²) >= 11 is 0.895. The number of thiazole rings is 1. The molecule has 1 amide bonds. The number of aryl methyl sites for hydroxylation is 2. The summed E-state index contributed by atoms with van der Waals surface area (Å²) < 4.78 is 16.3. The van der Waals surface area contributed by atoms with Gasteiger partial charge in [0.15, 0.2) is 16.6 Å². The zero-order chi connectivity index (χ0) is 31.5. The number of carbonyl (C=O) groups excluding carboxylic acids is 3. The second-order valence-corrected chi connectivity index (χ2v) is 11.0. The van der Waals surface area contributed by atoms with Gasteiger partial charge in [-0.15, -0.1) is 0 Å². The quantitative estimate of drug-likeness (QED) is 0.103. The van der Waals surface area contributed by atoms with Crippen LogP contribution < -0.4 is 14.4 Å². The van der Waals surface area contributed by atoms with Gasteiger partial charge in [-0.05, 0) is 67.8 Å². The lowest BCUT2D eigenvalue weighted by atomic mass is 9.93. The Labute approximate surface area is 257 Å². The van der Waals surface area contributed by atoms with Gasteiger partial charge in [-0.2, -0.15) is 0 Å². The number of aromatic nitrogens is 1. The molecule has 1 aliphatic rings. The summed E-state index contributed by atoms with van der Waals surface area (Å²) in [6.45, 7) is 5.71. The van der Waals surface area contributed by atoms with Gasteiger partial charge in [0, 0.05) is 5.56 Å². The second kappa shape index (κ2) is 12.6. The van der Waals surface area contributed by atoms with E-state index in [2.05, 4.69) is 4.98 Å². The highest BCUT2D eigenvalue weighted by Crippen LogP contribution is 2.45. The van der Waals surface area contributed by atoms with E-state index in [4.69, 9.17) is 14.2 Å². The molecule has 1 unspecified atom stereocenters. The van der Waals surface area contributed by atoms with Gasteiger partial charge in [-0.25, -0.2) is 9.78 Å². The van der Waals surface area contributed by atoms with E-state index in [0.717, 1.165) is 21.8 Å². The molecule has 44 heavy (non-hydrogen) atoms. The minimum Gasteiger partial charge on any atom is -0.507 e. The number of aliphatic hydroxyl groups is 1. The SMILES string of the molecule is CCOc1cc(C2/C(=C(/O)c3ccc(OCc4ccccc4)cc3C)C(=O)C(=O)N2c2nc(C)c(C(=O)OC)s2)ccc1O. The molecule has 0 radical (unpaired) electrons. The first kappa shape index (κ1) is 30.3. The molecule has 5 rings (SSSR count). The Morgan fingerprint density at radius 1 is 1.02 bits per heavy atom. The Balaban J connectivity index is 1.61. The van der Waals surface area contributed by atoms with Crippen molar-refractivity contribution in [3.8, 4) is 17.2 Å². The van der Waals surface area contributed by atoms with Crippen LogP contribution in [0, 0.1) is 13.8 Å². The van der Waals surface area contributed by atoms with Crippen molar-refractivity contribution in [2.24, 2.45) is 0 Å². The molecule has 0 spiro atoms. The lowest BCUT2D eigenvalue weighted by Gasteiger charge is -2.24. The van der Waals surface area contributed by atoms with Gasteiger partial charge in [0.1, 0.15) is 23.0 Å². The topological polar surface area (TPSA) is 135 Å². The minimum absolute atomic E-state index is 0.0708. The van der Waals surface area contributed by atoms with Gasteiger partial charge in [-0.3, -0.25) is 14.5 Å². The highest BCUT2D eigenvalue weighted by Gasteiger charge is 2.48. The third-order valence-electron chi connectivity index (χ3n) is 7.11. The van der Waals surface area contributed by atoms with E-state index in [0.29, 0.717) is 34.7 Å². The molecule has 2 N–H and O–H groups in total. The standard InChI is InChI=1S/C33H30N2O8S/c1-5-42-25-16-21(11-14-24(25)36)27-26(29(38)31(39)35(27)33-34-19(3)30(44-33)32(40)41-4)28(37)23-13-12-22(15-18(23)2)43-17-20-9-7-6-8-10-20/h6-16,27,36-37H,5,17H2,1-4H3/b28-26-. The first-order chi connectivity index (χ1) is 21.1. The van der Waals surface area contributed by atoms with Gasteiger partial charge >= 0.3 is 11.9 Å². The van der Waals surface area contributed by atoms with Crippen LogP contribution >= 0.6 is 11.3 Å². The zero-order valence-corrected chi connectivity index (χ0v) is 25.3. The van der Waals surface area contributed by atoms with Crippen LogP contribution in [0.1, 0.15) is 50.6 Å². The fourth-order valence-corrected chi connectivity index (χ4v) is 5.97. The van der Waals surface area contributed by atoms with E-state index in [1.807, 2.05) is 30.3 Å². The maximum absolute atomic E-state index is 13.7. The number of anilines is 1. The molecular weight excluding hydrogens is 584 g/mol. The summed E-state index contributed by atoms with van der Waals surface area (Å²) in [6, 6.07) is 18.0. The van der Waals surface area contributed by atoms with Crippen LogP contribution in [-0.4, -0.2) is 46.6 Å². The van der Waals surface area contributed by atoms with Crippen LogP contribution in [0.3, 0.4) is 0 Å². The van der Waals surface area contributed by atoms with E-state index >= 15 is 0 Å². The molecule has 1 atom stereocenters. The van der Waals surface area contributed by atoms with Gasteiger partial charge in [0.25, 0.3) is 5.78 Å². The Morgan fingerprint density at radius 3 is 2.45 bits per heavy atom. The lowest BCUT2D eigenvalue weighted by Crippen LogP contribution is -2.29. The van der Waals surface area contributed by atoms with E-state index in [9.17, 15) is 24.6 Å². The fraction of sp³-hybridized carbons (Fsp3) is 0.212. The number of carbonyl (C=O) groups is 3. The Hall–Kier alpha value is -5.16. The molecular formula is C33H30N2O8S. The Morgan fingerprint density at radius 2 is 1.77 bits per heavy atom. The van der Waals surface area contributed by atoms with Gasteiger partial charge in [0.2, 0.25) is 0 Å². The molecule has 1 fully saturated rings. The monoisotopic (exact) mass is 614 g/mol. The molecule has 1 saturated heterocycles. The largest absolute Gasteiger partial charge is 0.507 e. The molecule has 1 aromatic heterocycles. The number of phenols is 1. The van der Waals surface area contributed by atoms with Gasteiger partial charge in [0.05, 0.1) is 31.0 Å². The first-order valence-electron chi connectivity index (χ1n) is 13.7. The average molecular weight is 615 g/mol. The minimum atomic E-state index is -1.15. The number of benzene rings is 3. The third kappa shape index (κ3) is 5.73. The number of nitrogens with zero attached hydrogens (tertiary/aromatic N) is 2. The number of methoxy groups -OCH3 is 1. The van der Waals surface area contributed by atoms with Crippen molar-refractivity contribution in [1.82, 2.24) is 4.98 Å². The average Bonchev–Trinajstić information content (AvgIpc) is 3.53. The highest BCUT2D eigenvalue weighted by molar-refractivity contribution is 7.17. The second-order valence-electron chi connectivity index (χ2n) is 9.98. The van der Waals surface area contributed by atoms with Crippen molar-refractivity contribution in [3.05, 3.63) is 105 Å². The predicted octanol–water partition coefficient (Wildman–Crippen LogP) is 5.86. The predicted molar refractivity (Wildman–Crippen MR) is 164 cm³/mol. The number of ether oxygens (including phenoxy) is 3. The van der Waals surface area contributed by atoms with Crippen molar-refractivity contribution in [1.29, 1.82) is 0 Å². The third-order valence-corrected chi connectivity index (χ3v) is 8.24. The van der Waals surface area contributed by atoms with Crippen LogP contribution in [0.5, 0.6) is 17.2 Å². The summed E-state index contributed by atoms with van der Waals surface area (Å²) in [7, 11) is 1.24. The number of hydrogen-bond acceptors (Lipinski definition) is 10. The van der Waals surface area contributed by atoms with E-state index < -0.39 is 29.5 Å². The number of amides is 1. The van der Waals surface area contributed by atoms with Gasteiger partial charge < -0.3 is 24.4 Å². The van der Waals surface area contributed by atoms with Crippen molar-refractivity contribution in [3.63, 3.8) is 0 Å². The summed E-state index contributed by atoms with van der Waals surface area (Å²) in [5, 5.41) is 22.1. The number of esters is 1. The number of aliphatic hydroxyl groups excluding tert-OH is 1. The smallest absolute Gasteiger partial charge is 0.350 e. The molecule has 0 saturated carbocycles. The number of phenolic OH excluding ortho intramolecular Hbond substituents is 1. The van der Waals surface area contributed by atoms with Crippen LogP contribution in [-0.2, 0) is 20.9 Å². The first-order valence-corrected chi connectivity index (χ1v) is 14.6. The maximum Gasteiger partial charge on any atom is 0.350 e. The summed E-state index contributed by atoms with van der Waals surface area (Å²) in [5.74, 6) is -2.33. The van der Waals surface area contributed by atoms with Crippen molar-refractivity contribution < 1.29 is 38.8 Å². The van der Waals surface area contributed by atoms with Gasteiger partial charge in [-0.1, -0.05) is 47.7 Å². The van der Waals surface area contributed by atoms with E-state index in [-0.39, 0.29) is 33.7 Å². The molecule has 2 heterocycles. The molecule has 11 heteroatoms. The maximum atomic E-state index is 13.7. The molecule has 10 nitrogen and oxygen atoms in total. The van der Waals surface area contributed by atoms with Crippen LogP contribution in [0.2, 0.25) is 0 Å². The molecule has 0 aliphatic carbocycles. The zero-order valence-electron chi connectivity index (χ0n) is 24.5. The molecule has 4 aromatic rings. The number of hydrogen-bond donors (Lipinski definition) is 2. The summed E-state index contributed by atoms with van der Waals surface area (Å²) in [4.78, 5) is 45.3. The van der Waals surface area contributed by atoms with E-state index in [1.54, 1.807) is 39.0 Å². The highest BCUT2D eigenvalue weighted by atomic mass is 32.1. The number of rotatable bonds is 9. The fourth-order valence-electron chi connectivity index (χ4n) is 4.96. The normalized spacial score (nSPS) is 15.8. The Bertz CT molecular complexity index is 1780. The lowest BCUT2D eigenvalue weighted by molar-refractivity contribution is -0.132. The summed E-state index contributed by atoms with van der Waals surface area (Å²) in [5.41, 5.74) is 2.44. The van der Waals surface area contributed by atoms with Crippen molar-refractivity contribution in [2.45, 2.75) is 33.4 Å². The molecule has 1 aliphatic heterocycles. The van der Waals surface area contributed by atoms with Crippen molar-refractivity contribution >= 4 is 39.9 Å². The number of Topliss-reactive ketones (excluding diaryl/α,β-unsaturated/α-hetero) is 1. The molecule has 0 bridgehead atoms.